The molecule has 1 unspecified atom stereocenters. The standard InChI is InChI=1S/C20H21N5O2/c1-24-13-15(6-8-19(24)26)20(27)25-9-3-2-4-18(25)14-5-7-17(21-10-14)16-11-22-23-12-16/h5-8,10-13,18H,2-4,9H2,1H3,(H,22,23). The van der Waals surface area contributed by atoms with Gasteiger partial charge in [0.2, 0.25) is 5.56 Å². The van der Waals surface area contributed by atoms with Crippen molar-refractivity contribution in [2.45, 2.75) is 25.3 Å². The summed E-state index contributed by atoms with van der Waals surface area (Å²) in [5.74, 6) is -0.0470. The van der Waals surface area contributed by atoms with Crippen LogP contribution in [0.25, 0.3) is 11.3 Å². The Morgan fingerprint density at radius 2 is 2.07 bits per heavy atom. The minimum atomic E-state index is -0.124. The Kier molecular flexibility index (Phi) is 4.58. The van der Waals surface area contributed by atoms with E-state index in [9.17, 15) is 9.59 Å². The van der Waals surface area contributed by atoms with E-state index in [-0.39, 0.29) is 17.5 Å². The molecule has 3 aromatic rings. The van der Waals surface area contributed by atoms with E-state index in [1.807, 2.05) is 23.2 Å². The topological polar surface area (TPSA) is 83.9 Å². The second-order valence-corrected chi connectivity index (χ2v) is 6.84. The zero-order chi connectivity index (χ0) is 18.8. The minimum Gasteiger partial charge on any atom is -0.332 e. The third kappa shape index (κ3) is 3.40. The van der Waals surface area contributed by atoms with Gasteiger partial charge in [-0.05, 0) is 37.0 Å². The molecule has 27 heavy (non-hydrogen) atoms. The Morgan fingerprint density at radius 1 is 1.19 bits per heavy atom. The first-order chi connectivity index (χ1) is 13.1. The van der Waals surface area contributed by atoms with Gasteiger partial charge in [-0.25, -0.2) is 0 Å². The highest BCUT2D eigenvalue weighted by molar-refractivity contribution is 5.94. The molecule has 0 aliphatic carbocycles. The summed E-state index contributed by atoms with van der Waals surface area (Å²) in [6.45, 7) is 0.704. The van der Waals surface area contributed by atoms with Crippen molar-refractivity contribution >= 4 is 5.91 Å². The van der Waals surface area contributed by atoms with Gasteiger partial charge in [-0.3, -0.25) is 19.7 Å². The monoisotopic (exact) mass is 363 g/mol. The highest BCUT2D eigenvalue weighted by Gasteiger charge is 2.29. The Balaban J connectivity index is 1.61. The average molecular weight is 363 g/mol. The Hall–Kier alpha value is -3.22. The van der Waals surface area contributed by atoms with Crippen molar-refractivity contribution in [2.75, 3.05) is 6.54 Å². The number of amides is 1. The fourth-order valence-corrected chi connectivity index (χ4v) is 3.57. The molecule has 4 heterocycles. The van der Waals surface area contributed by atoms with Gasteiger partial charge in [-0.15, -0.1) is 0 Å². The number of aromatic amines is 1. The molecule has 138 valence electrons. The molecule has 0 radical (unpaired) electrons. The van der Waals surface area contributed by atoms with Crippen LogP contribution in [-0.4, -0.2) is 37.1 Å². The summed E-state index contributed by atoms with van der Waals surface area (Å²) in [6, 6.07) is 7.04. The molecule has 1 aliphatic heterocycles. The molecule has 7 heteroatoms. The molecule has 1 aliphatic rings. The van der Waals surface area contributed by atoms with E-state index < -0.39 is 0 Å². The number of rotatable bonds is 3. The number of likely N-dealkylation sites (tertiary alicyclic amines) is 1. The van der Waals surface area contributed by atoms with E-state index in [0.29, 0.717) is 12.1 Å². The van der Waals surface area contributed by atoms with Crippen LogP contribution in [-0.2, 0) is 7.05 Å². The van der Waals surface area contributed by atoms with Crippen LogP contribution in [0.2, 0.25) is 0 Å². The molecule has 7 nitrogen and oxygen atoms in total. The van der Waals surface area contributed by atoms with Gasteiger partial charge in [-0.2, -0.15) is 5.10 Å². The van der Waals surface area contributed by atoms with Gasteiger partial charge in [0.25, 0.3) is 5.91 Å². The molecule has 1 amide bonds. The fraction of sp³-hybridized carbons (Fsp3) is 0.300. The first-order valence-electron chi connectivity index (χ1n) is 9.06. The smallest absolute Gasteiger partial charge is 0.255 e. The van der Waals surface area contributed by atoms with Crippen molar-refractivity contribution < 1.29 is 4.79 Å². The van der Waals surface area contributed by atoms with Crippen molar-refractivity contribution in [3.8, 4) is 11.3 Å². The molecule has 0 saturated carbocycles. The van der Waals surface area contributed by atoms with Crippen LogP contribution < -0.4 is 5.56 Å². The van der Waals surface area contributed by atoms with Crippen LogP contribution in [0.4, 0.5) is 0 Å². The van der Waals surface area contributed by atoms with Crippen LogP contribution in [0.3, 0.4) is 0 Å². The first-order valence-corrected chi connectivity index (χ1v) is 9.06. The third-order valence-electron chi connectivity index (χ3n) is 5.06. The zero-order valence-corrected chi connectivity index (χ0v) is 15.1. The number of piperidine rings is 1. The molecule has 1 N–H and O–H groups in total. The van der Waals surface area contributed by atoms with Crippen molar-refractivity contribution in [1.82, 2.24) is 24.6 Å². The first kappa shape index (κ1) is 17.2. The van der Waals surface area contributed by atoms with Gasteiger partial charge >= 0.3 is 0 Å². The van der Waals surface area contributed by atoms with E-state index in [2.05, 4.69) is 15.2 Å². The van der Waals surface area contributed by atoms with Gasteiger partial charge < -0.3 is 9.47 Å². The number of nitrogens with zero attached hydrogens (tertiary/aromatic N) is 4. The molecular weight excluding hydrogens is 342 g/mol. The molecule has 1 saturated heterocycles. The van der Waals surface area contributed by atoms with Crippen molar-refractivity contribution in [1.29, 1.82) is 0 Å². The third-order valence-corrected chi connectivity index (χ3v) is 5.06. The molecule has 0 aromatic carbocycles. The van der Waals surface area contributed by atoms with E-state index >= 15 is 0 Å². The number of carbonyl (C=O) groups excluding carboxylic acids is 1. The molecule has 0 spiro atoms. The Labute approximate surface area is 156 Å². The number of aromatic nitrogens is 4. The summed E-state index contributed by atoms with van der Waals surface area (Å²) in [5.41, 5.74) is 3.22. The maximum absolute atomic E-state index is 13.1. The number of hydrogen-bond donors (Lipinski definition) is 1. The SMILES string of the molecule is Cn1cc(C(=O)N2CCCCC2c2ccc(-c3cn[nH]c3)nc2)ccc1=O. The second-order valence-electron chi connectivity index (χ2n) is 6.84. The van der Waals surface area contributed by atoms with Gasteiger partial charge in [0, 0.05) is 43.8 Å². The van der Waals surface area contributed by atoms with E-state index in [4.69, 9.17) is 0 Å². The minimum absolute atomic E-state index is 0.00520. The zero-order valence-electron chi connectivity index (χ0n) is 15.1. The summed E-state index contributed by atoms with van der Waals surface area (Å²) < 4.78 is 1.44. The fourth-order valence-electron chi connectivity index (χ4n) is 3.57. The number of H-pyrrole nitrogens is 1. The van der Waals surface area contributed by atoms with Gasteiger partial charge in [0.05, 0.1) is 23.5 Å². The highest BCUT2D eigenvalue weighted by Crippen LogP contribution is 2.32. The van der Waals surface area contributed by atoms with Crippen LogP contribution in [0, 0.1) is 0 Å². The number of hydrogen-bond acceptors (Lipinski definition) is 4. The molecule has 4 rings (SSSR count). The lowest BCUT2D eigenvalue weighted by atomic mass is 9.95. The highest BCUT2D eigenvalue weighted by atomic mass is 16.2. The van der Waals surface area contributed by atoms with Crippen LogP contribution in [0.5, 0.6) is 0 Å². The predicted octanol–water partition coefficient (Wildman–Crippen LogP) is 2.54. The summed E-state index contributed by atoms with van der Waals surface area (Å²) in [4.78, 5) is 31.1. The molecule has 1 fully saturated rings. The van der Waals surface area contributed by atoms with Crippen molar-refractivity contribution in [3.63, 3.8) is 0 Å². The summed E-state index contributed by atoms with van der Waals surface area (Å²) >= 11 is 0. The maximum Gasteiger partial charge on any atom is 0.255 e. The predicted molar refractivity (Wildman–Crippen MR) is 101 cm³/mol. The normalized spacial score (nSPS) is 17.1. The van der Waals surface area contributed by atoms with Crippen molar-refractivity contribution in [3.05, 3.63) is 70.5 Å². The molecular formula is C20H21N5O2. The van der Waals surface area contributed by atoms with E-state index in [1.54, 1.807) is 31.7 Å². The second kappa shape index (κ2) is 7.19. The maximum atomic E-state index is 13.1. The van der Waals surface area contributed by atoms with Crippen LogP contribution >= 0.6 is 0 Å². The lowest BCUT2D eigenvalue weighted by molar-refractivity contribution is 0.0610. The molecule has 3 aromatic heterocycles. The van der Waals surface area contributed by atoms with Crippen LogP contribution in [0.1, 0.15) is 41.2 Å². The summed E-state index contributed by atoms with van der Waals surface area (Å²) in [6.07, 6.45) is 9.95. The Morgan fingerprint density at radius 3 is 2.78 bits per heavy atom. The quantitative estimate of drug-likeness (QED) is 0.775. The lowest BCUT2D eigenvalue weighted by Gasteiger charge is -2.36. The van der Waals surface area contributed by atoms with E-state index in [1.165, 1.54) is 10.6 Å². The van der Waals surface area contributed by atoms with Gasteiger partial charge in [0.1, 0.15) is 0 Å². The van der Waals surface area contributed by atoms with Crippen LogP contribution in [0.15, 0.2) is 53.8 Å². The molecule has 0 bridgehead atoms. The summed E-state index contributed by atoms with van der Waals surface area (Å²) in [5, 5.41) is 6.74. The number of aryl methyl sites for hydroxylation is 1. The van der Waals surface area contributed by atoms with Crippen molar-refractivity contribution in [2.24, 2.45) is 7.05 Å². The van der Waals surface area contributed by atoms with E-state index in [0.717, 1.165) is 36.1 Å². The number of carbonyl (C=O) groups is 1. The number of pyridine rings is 2. The number of nitrogens with one attached hydrogen (secondary N) is 1. The average Bonchev–Trinajstić information content (AvgIpc) is 3.24. The summed E-state index contributed by atoms with van der Waals surface area (Å²) in [7, 11) is 1.66. The lowest BCUT2D eigenvalue weighted by Crippen LogP contribution is -2.39. The molecule has 1 atom stereocenters. The van der Waals surface area contributed by atoms with Gasteiger partial charge in [0.15, 0.2) is 0 Å². The largest absolute Gasteiger partial charge is 0.332 e. The Bertz CT molecular complexity index is 992. The van der Waals surface area contributed by atoms with Gasteiger partial charge in [-0.1, -0.05) is 6.07 Å².